The molecule has 1 amide bonds. The molecule has 1 aromatic heterocycles. The van der Waals surface area contributed by atoms with Gasteiger partial charge in [0.2, 0.25) is 5.91 Å². The highest BCUT2D eigenvalue weighted by Crippen LogP contribution is 2.20. The molecule has 4 nitrogen and oxygen atoms in total. The number of benzene rings is 1. The number of thiazole rings is 1. The summed E-state index contributed by atoms with van der Waals surface area (Å²) in [6.45, 7) is 3.89. The van der Waals surface area contributed by atoms with E-state index in [1.165, 1.54) is 16.9 Å². The first-order valence-corrected chi connectivity index (χ1v) is 7.95. The maximum Gasteiger partial charge on any atom is 0.226 e. The topological polar surface area (TPSA) is 68.0 Å². The van der Waals surface area contributed by atoms with E-state index in [9.17, 15) is 4.79 Å². The average Bonchev–Trinajstić information content (AvgIpc) is 2.87. The Bertz CT molecular complexity index is 580. The summed E-state index contributed by atoms with van der Waals surface area (Å²) in [6, 6.07) is 10.1. The predicted octanol–water partition coefficient (Wildman–Crippen LogP) is 2.45. The zero-order valence-electron chi connectivity index (χ0n) is 12.4. The maximum atomic E-state index is 11.7. The van der Waals surface area contributed by atoms with Crippen LogP contribution in [0.3, 0.4) is 0 Å². The van der Waals surface area contributed by atoms with Crippen LogP contribution in [0.1, 0.15) is 36.2 Å². The van der Waals surface area contributed by atoms with E-state index in [1.54, 1.807) is 0 Å². The molecular weight excluding hydrogens is 282 g/mol. The van der Waals surface area contributed by atoms with Crippen LogP contribution in [0.4, 0.5) is 0 Å². The molecule has 0 fully saturated rings. The summed E-state index contributed by atoms with van der Waals surface area (Å²) in [4.78, 5) is 16.2. The molecule has 0 aliphatic heterocycles. The highest BCUT2D eigenvalue weighted by Gasteiger charge is 2.13. The molecule has 0 bridgehead atoms. The predicted molar refractivity (Wildman–Crippen MR) is 86.2 cm³/mol. The van der Waals surface area contributed by atoms with Crippen LogP contribution < -0.4 is 11.1 Å². The molecule has 0 saturated carbocycles. The van der Waals surface area contributed by atoms with Gasteiger partial charge >= 0.3 is 0 Å². The second kappa shape index (κ2) is 7.33. The first-order valence-electron chi connectivity index (χ1n) is 7.07. The fourth-order valence-electron chi connectivity index (χ4n) is 2.07. The van der Waals surface area contributed by atoms with E-state index < -0.39 is 0 Å². The monoisotopic (exact) mass is 303 g/mol. The van der Waals surface area contributed by atoms with E-state index in [0.717, 1.165) is 17.1 Å². The van der Waals surface area contributed by atoms with Gasteiger partial charge in [0.15, 0.2) is 0 Å². The number of hydrogen-bond acceptors (Lipinski definition) is 4. The Morgan fingerprint density at radius 1 is 1.33 bits per heavy atom. The number of nitrogens with one attached hydrogen (secondary N) is 1. The number of hydrogen-bond donors (Lipinski definition) is 2. The maximum absolute atomic E-state index is 11.7. The van der Waals surface area contributed by atoms with Crippen molar-refractivity contribution >= 4 is 17.2 Å². The van der Waals surface area contributed by atoms with E-state index in [1.807, 2.05) is 37.4 Å². The molecule has 0 aliphatic carbocycles. The summed E-state index contributed by atoms with van der Waals surface area (Å²) in [6.07, 6.45) is 1.07. The molecule has 1 heterocycles. The zero-order chi connectivity index (χ0) is 15.2. The molecule has 2 rings (SSSR count). The van der Waals surface area contributed by atoms with E-state index in [-0.39, 0.29) is 18.0 Å². The van der Waals surface area contributed by atoms with E-state index in [2.05, 4.69) is 22.4 Å². The minimum Gasteiger partial charge on any atom is -0.354 e. The number of carbonyl (C=O) groups is 1. The minimum atomic E-state index is -0.126. The van der Waals surface area contributed by atoms with Gasteiger partial charge in [0.05, 0.1) is 18.2 Å². The highest BCUT2D eigenvalue weighted by molar-refractivity contribution is 7.09. The number of nitrogens with zero attached hydrogens (tertiary/aromatic N) is 1. The number of amides is 1. The molecule has 3 N–H and O–H groups in total. The number of carbonyl (C=O) groups excluding carboxylic acids is 1. The van der Waals surface area contributed by atoms with Gasteiger partial charge in [-0.1, -0.05) is 30.3 Å². The molecule has 1 unspecified atom stereocenters. The molecule has 1 atom stereocenters. The van der Waals surface area contributed by atoms with Gasteiger partial charge in [0, 0.05) is 11.4 Å². The third-order valence-electron chi connectivity index (χ3n) is 2.98. The molecule has 21 heavy (non-hydrogen) atoms. The quantitative estimate of drug-likeness (QED) is 0.861. The third kappa shape index (κ3) is 4.95. The van der Waals surface area contributed by atoms with Crippen LogP contribution in [0, 0.1) is 0 Å². The van der Waals surface area contributed by atoms with Crippen molar-refractivity contribution in [3.63, 3.8) is 0 Å². The minimum absolute atomic E-state index is 0.00141. The molecule has 5 heteroatoms. The van der Waals surface area contributed by atoms with Crippen molar-refractivity contribution in [2.24, 2.45) is 5.73 Å². The second-order valence-electron chi connectivity index (χ2n) is 5.37. The van der Waals surface area contributed by atoms with Gasteiger partial charge in [-0.15, -0.1) is 11.3 Å². The van der Waals surface area contributed by atoms with Crippen LogP contribution in [0.2, 0.25) is 0 Å². The largest absolute Gasteiger partial charge is 0.354 e. The molecule has 2 aromatic rings. The molecule has 1 aromatic carbocycles. The fourth-order valence-corrected chi connectivity index (χ4v) is 2.89. The van der Waals surface area contributed by atoms with E-state index in [0.29, 0.717) is 6.42 Å². The standard InChI is InChI=1S/C16H21N3OS/c1-11(2)18-15(20)9-13-10-21-16(19-13)14(17)8-12-6-4-3-5-7-12/h3-7,10-11,14H,8-9,17H2,1-2H3,(H,18,20). The third-order valence-corrected chi connectivity index (χ3v) is 4.00. The van der Waals surface area contributed by atoms with Gasteiger partial charge in [-0.3, -0.25) is 4.79 Å². The van der Waals surface area contributed by atoms with Gasteiger partial charge in [-0.2, -0.15) is 0 Å². The summed E-state index contributed by atoms with van der Waals surface area (Å²) in [7, 11) is 0. The summed E-state index contributed by atoms with van der Waals surface area (Å²) < 4.78 is 0. The Morgan fingerprint density at radius 2 is 2.05 bits per heavy atom. The van der Waals surface area contributed by atoms with Gasteiger partial charge in [0.25, 0.3) is 0 Å². The number of aromatic nitrogens is 1. The van der Waals surface area contributed by atoms with Crippen molar-refractivity contribution in [3.8, 4) is 0 Å². The van der Waals surface area contributed by atoms with Gasteiger partial charge in [-0.05, 0) is 25.8 Å². The van der Waals surface area contributed by atoms with E-state index >= 15 is 0 Å². The van der Waals surface area contributed by atoms with Crippen molar-refractivity contribution in [2.45, 2.75) is 38.8 Å². The fraction of sp³-hybridized carbons (Fsp3) is 0.375. The lowest BCUT2D eigenvalue weighted by Gasteiger charge is -2.08. The van der Waals surface area contributed by atoms with Crippen molar-refractivity contribution in [3.05, 3.63) is 52.0 Å². The number of nitrogens with two attached hydrogens (primary N) is 1. The molecule has 0 saturated heterocycles. The molecule has 0 aliphatic rings. The number of rotatable bonds is 6. The Morgan fingerprint density at radius 3 is 2.71 bits per heavy atom. The SMILES string of the molecule is CC(C)NC(=O)Cc1csc(C(N)Cc2ccccc2)n1. The molecular formula is C16H21N3OS. The van der Waals surface area contributed by atoms with Crippen LogP contribution in [0.5, 0.6) is 0 Å². The van der Waals surface area contributed by atoms with Crippen molar-refractivity contribution in [1.29, 1.82) is 0 Å². The highest BCUT2D eigenvalue weighted by atomic mass is 32.1. The van der Waals surface area contributed by atoms with Crippen molar-refractivity contribution < 1.29 is 4.79 Å². The first-order chi connectivity index (χ1) is 10.0. The first kappa shape index (κ1) is 15.7. The zero-order valence-corrected chi connectivity index (χ0v) is 13.2. The van der Waals surface area contributed by atoms with Gasteiger partial charge < -0.3 is 11.1 Å². The van der Waals surface area contributed by atoms with Crippen molar-refractivity contribution in [1.82, 2.24) is 10.3 Å². The summed E-state index contributed by atoms with van der Waals surface area (Å²) in [5.41, 5.74) is 8.18. The van der Waals surface area contributed by atoms with Crippen molar-refractivity contribution in [2.75, 3.05) is 0 Å². The van der Waals surface area contributed by atoms with Crippen LogP contribution in [0.25, 0.3) is 0 Å². The van der Waals surface area contributed by atoms with Gasteiger partial charge in [-0.25, -0.2) is 4.98 Å². The van der Waals surface area contributed by atoms with Crippen LogP contribution in [-0.4, -0.2) is 16.9 Å². The lowest BCUT2D eigenvalue weighted by molar-refractivity contribution is -0.120. The smallest absolute Gasteiger partial charge is 0.226 e. The van der Waals surface area contributed by atoms with Gasteiger partial charge in [0.1, 0.15) is 5.01 Å². The second-order valence-corrected chi connectivity index (χ2v) is 6.26. The summed E-state index contributed by atoms with van der Waals surface area (Å²) in [5, 5.41) is 5.66. The van der Waals surface area contributed by atoms with Crippen LogP contribution in [0.15, 0.2) is 35.7 Å². The Labute approximate surface area is 129 Å². The molecule has 0 radical (unpaired) electrons. The lowest BCUT2D eigenvalue weighted by Crippen LogP contribution is -2.31. The Balaban J connectivity index is 1.94. The normalized spacial score (nSPS) is 12.4. The molecule has 0 spiro atoms. The summed E-state index contributed by atoms with van der Waals surface area (Å²) >= 11 is 1.52. The lowest BCUT2D eigenvalue weighted by atomic mass is 10.1. The molecule has 112 valence electrons. The summed E-state index contributed by atoms with van der Waals surface area (Å²) in [5.74, 6) is -0.00141. The van der Waals surface area contributed by atoms with Crippen LogP contribution in [-0.2, 0) is 17.6 Å². The Kier molecular flexibility index (Phi) is 5.47. The van der Waals surface area contributed by atoms with Crippen LogP contribution >= 0.6 is 11.3 Å². The Hall–Kier alpha value is -1.72. The van der Waals surface area contributed by atoms with E-state index in [4.69, 9.17) is 5.73 Å². The average molecular weight is 303 g/mol.